The third kappa shape index (κ3) is 5.36. The van der Waals surface area contributed by atoms with E-state index >= 15 is 0 Å². The molecule has 3 rings (SSSR count). The lowest BCUT2D eigenvalue weighted by Crippen LogP contribution is -2.29. The number of rotatable bonds is 6. The average molecular weight is 399 g/mol. The van der Waals surface area contributed by atoms with Gasteiger partial charge in [0.15, 0.2) is 0 Å². The summed E-state index contributed by atoms with van der Waals surface area (Å²) in [7, 11) is 1.26. The number of halogens is 3. The first-order valence-electron chi connectivity index (χ1n) is 9.47. The highest BCUT2D eigenvalue weighted by Crippen LogP contribution is 2.40. The molecule has 1 heterocycles. The highest BCUT2D eigenvalue weighted by atomic mass is 19.4. The summed E-state index contributed by atoms with van der Waals surface area (Å²) in [5.41, 5.74) is 0.591. The topological polar surface area (TPSA) is 80.3 Å². The van der Waals surface area contributed by atoms with Crippen LogP contribution in [-0.2, 0) is 9.53 Å². The lowest BCUT2D eigenvalue weighted by atomic mass is 9.80. The van der Waals surface area contributed by atoms with Crippen LogP contribution >= 0.6 is 0 Å². The van der Waals surface area contributed by atoms with Crippen molar-refractivity contribution in [3.8, 4) is 0 Å². The Morgan fingerprint density at radius 1 is 1.18 bits per heavy atom. The number of methoxy groups -OCH3 is 1. The molecule has 9 heteroatoms. The molecule has 2 saturated carbocycles. The van der Waals surface area contributed by atoms with Crippen LogP contribution in [0, 0.1) is 11.8 Å². The molecule has 0 aliphatic heterocycles. The molecule has 2 aliphatic carbocycles. The monoisotopic (exact) mass is 399 g/mol. The summed E-state index contributed by atoms with van der Waals surface area (Å²) in [5.74, 6) is -1.72. The number of carbonyl (C=O) groups excluding carboxylic acids is 2. The minimum Gasteiger partial charge on any atom is -0.465 e. The van der Waals surface area contributed by atoms with Crippen molar-refractivity contribution in [2.24, 2.45) is 11.8 Å². The van der Waals surface area contributed by atoms with Crippen LogP contribution in [0.2, 0.25) is 0 Å². The molecule has 0 radical (unpaired) electrons. The fourth-order valence-corrected chi connectivity index (χ4v) is 3.48. The first kappa shape index (κ1) is 20.4. The molecule has 2 fully saturated rings. The summed E-state index contributed by atoms with van der Waals surface area (Å²) >= 11 is 0. The van der Waals surface area contributed by atoms with E-state index in [-0.39, 0.29) is 36.7 Å². The van der Waals surface area contributed by atoms with Gasteiger partial charge in [0.05, 0.1) is 24.3 Å². The molecule has 0 spiro atoms. The summed E-state index contributed by atoms with van der Waals surface area (Å²) in [6.07, 6.45) is 0.282. The molecule has 1 amide bonds. The zero-order valence-corrected chi connectivity index (χ0v) is 15.6. The van der Waals surface area contributed by atoms with Gasteiger partial charge >= 0.3 is 12.1 Å². The number of esters is 1. The maximum atomic E-state index is 12.8. The van der Waals surface area contributed by atoms with Crippen molar-refractivity contribution in [3.05, 3.63) is 17.8 Å². The van der Waals surface area contributed by atoms with Crippen LogP contribution in [0.5, 0.6) is 0 Å². The first-order chi connectivity index (χ1) is 13.3. The van der Waals surface area contributed by atoms with E-state index in [1.54, 1.807) is 0 Å². The zero-order chi connectivity index (χ0) is 20.3. The Labute approximate surface area is 161 Å². The van der Waals surface area contributed by atoms with Crippen molar-refractivity contribution in [1.82, 2.24) is 4.98 Å². The number of nitrogens with one attached hydrogen (secondary N) is 2. The average Bonchev–Trinajstić information content (AvgIpc) is 3.46. The van der Waals surface area contributed by atoms with Crippen LogP contribution in [0.4, 0.5) is 24.7 Å². The normalized spacial score (nSPS) is 22.4. The predicted molar refractivity (Wildman–Crippen MR) is 97.0 cm³/mol. The molecular weight excluding hydrogens is 375 g/mol. The van der Waals surface area contributed by atoms with Crippen LogP contribution in [0.1, 0.15) is 55.3 Å². The van der Waals surface area contributed by atoms with Crippen molar-refractivity contribution < 1.29 is 27.5 Å². The van der Waals surface area contributed by atoms with Gasteiger partial charge in [0.1, 0.15) is 5.82 Å². The SMILES string of the molecule is COC(=O)c1cnc(NC2CC2)c(NC(=O)CC2CCC(C(F)(F)F)CC2)c1. The second-order valence-electron chi connectivity index (χ2n) is 7.54. The van der Waals surface area contributed by atoms with E-state index < -0.39 is 18.1 Å². The van der Waals surface area contributed by atoms with Gasteiger partial charge in [-0.15, -0.1) is 0 Å². The summed E-state index contributed by atoms with van der Waals surface area (Å²) in [4.78, 5) is 28.4. The summed E-state index contributed by atoms with van der Waals surface area (Å²) in [6.45, 7) is 0. The number of anilines is 2. The minimum absolute atomic E-state index is 0.0648. The fraction of sp³-hybridized carbons (Fsp3) is 0.632. The smallest absolute Gasteiger partial charge is 0.391 e. The van der Waals surface area contributed by atoms with Crippen LogP contribution < -0.4 is 10.6 Å². The van der Waals surface area contributed by atoms with Gasteiger partial charge in [0.25, 0.3) is 0 Å². The highest BCUT2D eigenvalue weighted by molar-refractivity contribution is 5.97. The molecule has 2 N–H and O–H groups in total. The molecule has 28 heavy (non-hydrogen) atoms. The molecule has 1 aromatic heterocycles. The summed E-state index contributed by atoms with van der Waals surface area (Å²) in [6, 6.07) is 1.80. The van der Waals surface area contributed by atoms with Gasteiger partial charge in [0.2, 0.25) is 5.91 Å². The maximum absolute atomic E-state index is 12.8. The first-order valence-corrected chi connectivity index (χ1v) is 9.47. The third-order valence-electron chi connectivity index (χ3n) is 5.28. The molecular formula is C19H24F3N3O3. The van der Waals surface area contributed by atoms with E-state index in [2.05, 4.69) is 20.4 Å². The Balaban J connectivity index is 1.61. The molecule has 1 aromatic rings. The number of hydrogen-bond donors (Lipinski definition) is 2. The number of pyridine rings is 1. The van der Waals surface area contributed by atoms with Crippen LogP contribution in [0.25, 0.3) is 0 Å². The van der Waals surface area contributed by atoms with Crippen molar-refractivity contribution in [2.45, 2.75) is 57.2 Å². The number of aromatic nitrogens is 1. The van der Waals surface area contributed by atoms with E-state index in [1.165, 1.54) is 19.4 Å². The Morgan fingerprint density at radius 3 is 2.43 bits per heavy atom. The van der Waals surface area contributed by atoms with Gasteiger partial charge in [0, 0.05) is 18.7 Å². The van der Waals surface area contributed by atoms with Gasteiger partial charge < -0.3 is 15.4 Å². The van der Waals surface area contributed by atoms with Gasteiger partial charge in [-0.25, -0.2) is 9.78 Å². The second-order valence-corrected chi connectivity index (χ2v) is 7.54. The van der Waals surface area contributed by atoms with Crippen LogP contribution in [0.15, 0.2) is 12.3 Å². The standard InChI is InChI=1S/C19H24F3N3O3/c1-28-18(27)12-9-15(17(23-10-12)24-14-6-7-14)25-16(26)8-11-2-4-13(5-3-11)19(20,21)22/h9-11,13-14H,2-8H2,1H3,(H,23,24)(H,25,26). The van der Waals surface area contributed by atoms with Crippen LogP contribution in [0.3, 0.4) is 0 Å². The number of nitrogens with zero attached hydrogens (tertiary/aromatic N) is 1. The summed E-state index contributed by atoms with van der Waals surface area (Å²) in [5, 5.41) is 5.95. The molecule has 2 aliphatic rings. The van der Waals surface area contributed by atoms with Gasteiger partial charge in [-0.1, -0.05) is 0 Å². The maximum Gasteiger partial charge on any atom is 0.391 e. The summed E-state index contributed by atoms with van der Waals surface area (Å²) < 4.78 is 43.0. The van der Waals surface area contributed by atoms with E-state index in [0.29, 0.717) is 30.4 Å². The second kappa shape index (κ2) is 8.36. The largest absolute Gasteiger partial charge is 0.465 e. The number of alkyl halides is 3. The molecule has 0 saturated heterocycles. The molecule has 0 aromatic carbocycles. The van der Waals surface area contributed by atoms with E-state index in [4.69, 9.17) is 0 Å². The molecule has 154 valence electrons. The Morgan fingerprint density at radius 2 is 1.86 bits per heavy atom. The molecule has 0 bridgehead atoms. The third-order valence-corrected chi connectivity index (χ3v) is 5.28. The Hall–Kier alpha value is -2.32. The number of hydrogen-bond acceptors (Lipinski definition) is 5. The lowest BCUT2D eigenvalue weighted by Gasteiger charge is -2.29. The van der Waals surface area contributed by atoms with Crippen molar-refractivity contribution in [1.29, 1.82) is 0 Å². The van der Waals surface area contributed by atoms with E-state index in [1.807, 2.05) is 0 Å². The number of carbonyl (C=O) groups is 2. The molecule has 6 nitrogen and oxygen atoms in total. The van der Waals surface area contributed by atoms with Crippen molar-refractivity contribution in [3.63, 3.8) is 0 Å². The number of ether oxygens (including phenoxy) is 1. The Kier molecular flexibility index (Phi) is 6.10. The van der Waals surface area contributed by atoms with E-state index in [0.717, 1.165) is 12.8 Å². The molecule has 0 unspecified atom stereocenters. The highest BCUT2D eigenvalue weighted by Gasteiger charge is 2.41. The van der Waals surface area contributed by atoms with Crippen molar-refractivity contribution >= 4 is 23.4 Å². The van der Waals surface area contributed by atoms with Crippen LogP contribution in [-0.4, -0.2) is 36.2 Å². The van der Waals surface area contributed by atoms with Gasteiger partial charge in [-0.2, -0.15) is 13.2 Å². The lowest BCUT2D eigenvalue weighted by molar-refractivity contribution is -0.183. The number of amides is 1. The van der Waals surface area contributed by atoms with Crippen molar-refractivity contribution in [2.75, 3.05) is 17.7 Å². The Bertz CT molecular complexity index is 727. The molecule has 0 atom stereocenters. The quantitative estimate of drug-likeness (QED) is 0.703. The van der Waals surface area contributed by atoms with Gasteiger partial charge in [-0.3, -0.25) is 4.79 Å². The minimum atomic E-state index is -4.16. The predicted octanol–water partition coefficient (Wildman–Crippen LogP) is 4.14. The fourth-order valence-electron chi connectivity index (χ4n) is 3.48. The van der Waals surface area contributed by atoms with E-state index in [9.17, 15) is 22.8 Å². The van der Waals surface area contributed by atoms with Gasteiger partial charge in [-0.05, 0) is 50.5 Å². The zero-order valence-electron chi connectivity index (χ0n) is 15.6.